The molecule has 160 valence electrons. The van der Waals surface area contributed by atoms with Crippen LogP contribution in [0.5, 0.6) is 5.88 Å². The zero-order valence-electron chi connectivity index (χ0n) is 16.9. The molecule has 0 aliphatic carbocycles. The summed E-state index contributed by atoms with van der Waals surface area (Å²) in [5.74, 6) is 0.317. The highest BCUT2D eigenvalue weighted by molar-refractivity contribution is 6.04. The summed E-state index contributed by atoms with van der Waals surface area (Å²) in [5.41, 5.74) is 1.07. The summed E-state index contributed by atoms with van der Waals surface area (Å²) < 4.78 is 5.37. The minimum absolute atomic E-state index is 0.187. The third-order valence-electron chi connectivity index (χ3n) is 5.02. The highest BCUT2D eigenvalue weighted by Gasteiger charge is 2.25. The van der Waals surface area contributed by atoms with E-state index in [1.807, 2.05) is 6.07 Å². The van der Waals surface area contributed by atoms with Gasteiger partial charge in [-0.1, -0.05) is 18.2 Å². The van der Waals surface area contributed by atoms with E-state index in [-0.39, 0.29) is 11.8 Å². The highest BCUT2D eigenvalue weighted by atomic mass is 16.7. The van der Waals surface area contributed by atoms with Gasteiger partial charge in [0.15, 0.2) is 0 Å². The van der Waals surface area contributed by atoms with Crippen molar-refractivity contribution in [2.75, 3.05) is 25.0 Å². The van der Waals surface area contributed by atoms with Crippen LogP contribution in [0, 0.1) is 5.92 Å². The van der Waals surface area contributed by atoms with E-state index in [1.165, 1.54) is 11.0 Å². The van der Waals surface area contributed by atoms with Crippen molar-refractivity contribution in [1.29, 1.82) is 0 Å². The van der Waals surface area contributed by atoms with Crippen molar-refractivity contribution in [1.82, 2.24) is 19.8 Å². The Labute approximate surface area is 179 Å². The van der Waals surface area contributed by atoms with Crippen LogP contribution in [0.15, 0.2) is 67.1 Å². The van der Waals surface area contributed by atoms with Gasteiger partial charge in [-0.2, -0.15) is 0 Å². The molecule has 9 heteroatoms. The van der Waals surface area contributed by atoms with Gasteiger partial charge in [0.1, 0.15) is 6.61 Å². The molecule has 0 bridgehead atoms. The van der Waals surface area contributed by atoms with E-state index in [1.54, 1.807) is 59.8 Å². The number of hydrogen-bond donors (Lipinski definition) is 1. The van der Waals surface area contributed by atoms with E-state index in [2.05, 4.69) is 15.4 Å². The van der Waals surface area contributed by atoms with Crippen molar-refractivity contribution in [3.05, 3.63) is 72.7 Å². The summed E-state index contributed by atoms with van der Waals surface area (Å²) in [7, 11) is 0. The van der Waals surface area contributed by atoms with Crippen LogP contribution in [0.4, 0.5) is 10.5 Å². The molecule has 1 aliphatic rings. The van der Waals surface area contributed by atoms with Crippen molar-refractivity contribution in [2.45, 2.75) is 12.8 Å². The van der Waals surface area contributed by atoms with Gasteiger partial charge in [-0.25, -0.2) is 9.78 Å². The number of nitrogens with zero attached hydrogens (tertiary/aromatic N) is 4. The molecule has 0 atom stereocenters. The van der Waals surface area contributed by atoms with Crippen LogP contribution in [0.2, 0.25) is 0 Å². The van der Waals surface area contributed by atoms with Gasteiger partial charge >= 0.3 is 6.09 Å². The van der Waals surface area contributed by atoms with Gasteiger partial charge in [0, 0.05) is 24.7 Å². The number of aromatic nitrogens is 3. The first kappa shape index (κ1) is 20.4. The molecule has 0 spiro atoms. The maximum atomic E-state index is 12.4. The Morgan fingerprint density at radius 2 is 1.87 bits per heavy atom. The monoisotopic (exact) mass is 421 g/mol. The Bertz CT molecular complexity index is 985. The summed E-state index contributed by atoms with van der Waals surface area (Å²) in [6.45, 7) is 1.75. The quantitative estimate of drug-likeness (QED) is 0.657. The van der Waals surface area contributed by atoms with Crippen LogP contribution < -0.4 is 14.9 Å². The molecular formula is C22H23N5O4. The van der Waals surface area contributed by atoms with E-state index >= 15 is 0 Å². The normalized spacial score (nSPS) is 14.1. The third-order valence-corrected chi connectivity index (χ3v) is 5.02. The van der Waals surface area contributed by atoms with Crippen molar-refractivity contribution in [3.63, 3.8) is 0 Å². The molecule has 0 saturated carbocycles. The largest absolute Gasteiger partial charge is 0.416 e. The number of anilines is 1. The smallest absolute Gasteiger partial charge is 0.396 e. The first-order valence-corrected chi connectivity index (χ1v) is 10.1. The first-order valence-electron chi connectivity index (χ1n) is 10.1. The summed E-state index contributed by atoms with van der Waals surface area (Å²) >= 11 is 0. The third kappa shape index (κ3) is 5.59. The molecule has 1 aromatic carbocycles. The number of nitrogens with one attached hydrogen (secondary N) is 1. The standard InChI is InChI=1S/C22H23N5O4/c28-21(18-5-2-1-3-6-18)25-19-7-8-20(23-15-19)31-22(29)26-13-9-17(10-14-26)16-30-27-12-4-11-24-27/h1-8,11-12,15,17H,9-10,13-14,16H2,(H,25,28). The molecule has 9 nitrogen and oxygen atoms in total. The number of piperidine rings is 1. The Morgan fingerprint density at radius 3 is 2.55 bits per heavy atom. The van der Waals surface area contributed by atoms with Gasteiger partial charge in [-0.3, -0.25) is 4.79 Å². The van der Waals surface area contributed by atoms with Crippen molar-refractivity contribution in [3.8, 4) is 5.88 Å². The maximum Gasteiger partial charge on any atom is 0.416 e. The predicted molar refractivity (Wildman–Crippen MR) is 113 cm³/mol. The Morgan fingerprint density at radius 1 is 1.06 bits per heavy atom. The number of carbonyl (C=O) groups is 2. The Hall–Kier alpha value is -3.88. The molecule has 31 heavy (non-hydrogen) atoms. The molecule has 1 saturated heterocycles. The number of benzene rings is 1. The molecule has 1 N–H and O–H groups in total. The fourth-order valence-electron chi connectivity index (χ4n) is 3.26. The lowest BCUT2D eigenvalue weighted by atomic mass is 9.98. The summed E-state index contributed by atoms with van der Waals surface area (Å²) in [4.78, 5) is 37.4. The average molecular weight is 421 g/mol. The number of hydrogen-bond acceptors (Lipinski definition) is 6. The molecular weight excluding hydrogens is 398 g/mol. The maximum absolute atomic E-state index is 12.4. The van der Waals surface area contributed by atoms with E-state index in [4.69, 9.17) is 9.57 Å². The molecule has 1 aliphatic heterocycles. The van der Waals surface area contributed by atoms with Gasteiger partial charge in [0.25, 0.3) is 5.91 Å². The second-order valence-corrected chi connectivity index (χ2v) is 7.21. The number of pyridine rings is 1. The Balaban J connectivity index is 1.22. The van der Waals surface area contributed by atoms with Gasteiger partial charge in [-0.05, 0) is 43.0 Å². The van der Waals surface area contributed by atoms with Crippen molar-refractivity contribution < 1.29 is 19.2 Å². The fourth-order valence-corrected chi connectivity index (χ4v) is 3.26. The van der Waals surface area contributed by atoms with Crippen molar-refractivity contribution in [2.24, 2.45) is 5.92 Å². The topological polar surface area (TPSA) is 98.6 Å². The second kappa shape index (κ2) is 9.75. The lowest BCUT2D eigenvalue weighted by Gasteiger charge is -2.30. The lowest BCUT2D eigenvalue weighted by Crippen LogP contribution is -2.41. The fraction of sp³-hybridized carbons (Fsp3) is 0.273. The number of carbonyl (C=O) groups excluding carboxylic acids is 2. The van der Waals surface area contributed by atoms with Gasteiger partial charge in [-0.15, -0.1) is 9.94 Å². The van der Waals surface area contributed by atoms with Crippen LogP contribution in [-0.2, 0) is 0 Å². The average Bonchev–Trinajstić information content (AvgIpc) is 3.33. The molecule has 2 amide bonds. The first-order chi connectivity index (χ1) is 15.2. The SMILES string of the molecule is O=C(Nc1ccc(OC(=O)N2CCC(COn3cccn3)CC2)nc1)c1ccccc1. The van der Waals surface area contributed by atoms with Crippen LogP contribution in [-0.4, -0.2) is 51.5 Å². The minimum atomic E-state index is -0.431. The molecule has 4 rings (SSSR count). The van der Waals surface area contributed by atoms with Crippen molar-refractivity contribution >= 4 is 17.7 Å². The second-order valence-electron chi connectivity index (χ2n) is 7.21. The van der Waals surface area contributed by atoms with E-state index < -0.39 is 6.09 Å². The molecule has 3 heterocycles. The van der Waals surface area contributed by atoms with Crippen LogP contribution in [0.1, 0.15) is 23.2 Å². The van der Waals surface area contributed by atoms with Gasteiger partial charge in [0.2, 0.25) is 5.88 Å². The molecule has 3 aromatic rings. The summed E-state index contributed by atoms with van der Waals surface area (Å²) in [5, 5.41) is 6.77. The van der Waals surface area contributed by atoms with Crippen LogP contribution in [0.25, 0.3) is 0 Å². The molecule has 2 aromatic heterocycles. The molecule has 0 unspecified atom stereocenters. The van der Waals surface area contributed by atoms with Crippen LogP contribution in [0.3, 0.4) is 0 Å². The highest BCUT2D eigenvalue weighted by Crippen LogP contribution is 2.19. The zero-order valence-corrected chi connectivity index (χ0v) is 16.9. The minimum Gasteiger partial charge on any atom is -0.396 e. The zero-order chi connectivity index (χ0) is 21.5. The Kier molecular flexibility index (Phi) is 6.41. The number of amides is 2. The van der Waals surface area contributed by atoms with E-state index in [0.717, 1.165) is 12.8 Å². The number of ether oxygens (including phenoxy) is 1. The molecule has 1 fully saturated rings. The predicted octanol–water partition coefficient (Wildman–Crippen LogP) is 2.87. The number of likely N-dealkylation sites (tertiary alicyclic amines) is 1. The van der Waals surface area contributed by atoms with Crippen LogP contribution >= 0.6 is 0 Å². The number of rotatable bonds is 6. The van der Waals surface area contributed by atoms with Gasteiger partial charge in [0.05, 0.1) is 24.3 Å². The van der Waals surface area contributed by atoms with E-state index in [9.17, 15) is 9.59 Å². The lowest BCUT2D eigenvalue weighted by molar-refractivity contribution is 0.0365. The summed E-state index contributed by atoms with van der Waals surface area (Å²) in [6, 6.07) is 13.9. The molecule has 0 radical (unpaired) electrons. The van der Waals surface area contributed by atoms with Gasteiger partial charge < -0.3 is 19.8 Å². The van der Waals surface area contributed by atoms with E-state index in [0.29, 0.717) is 36.9 Å². The summed E-state index contributed by atoms with van der Waals surface area (Å²) in [6.07, 6.45) is 6.10.